The Morgan fingerprint density at radius 1 is 1.11 bits per heavy atom. The summed E-state index contributed by atoms with van der Waals surface area (Å²) in [5.74, 6) is 0.850. The van der Waals surface area contributed by atoms with E-state index in [-0.39, 0.29) is 0 Å². The van der Waals surface area contributed by atoms with Crippen molar-refractivity contribution in [3.05, 3.63) is 53.6 Å². The van der Waals surface area contributed by atoms with E-state index in [1.54, 1.807) is 7.11 Å². The molecule has 0 atom stereocenters. The molecule has 1 nitrogen and oxygen atoms in total. The first-order chi connectivity index (χ1) is 9.02. The van der Waals surface area contributed by atoms with Crippen molar-refractivity contribution >= 4 is 54.6 Å². The van der Waals surface area contributed by atoms with Gasteiger partial charge in [0.2, 0.25) is 0 Å². The summed E-state index contributed by atoms with van der Waals surface area (Å²) in [5, 5.41) is 0.699. The molecule has 0 bridgehead atoms. The molecule has 0 aliphatic carbocycles. The maximum atomic E-state index is 5.70. The van der Waals surface area contributed by atoms with Gasteiger partial charge < -0.3 is 12.8 Å². The number of hydrogen-bond acceptors (Lipinski definition) is 5. The molecule has 0 saturated carbocycles. The van der Waals surface area contributed by atoms with Crippen molar-refractivity contribution in [1.82, 2.24) is 0 Å². The molecule has 0 fully saturated rings. The first-order valence-electron chi connectivity index (χ1n) is 5.21. The molecular formula is C13H12ClOS4-. The van der Waals surface area contributed by atoms with E-state index in [2.05, 4.69) is 12.6 Å². The fourth-order valence-corrected chi connectivity index (χ4v) is 2.68. The minimum Gasteiger partial charge on any atom is -0.497 e. The maximum Gasteiger partial charge on any atom is 0.119 e. The highest BCUT2D eigenvalue weighted by Crippen LogP contribution is 2.14. The number of halogens is 1. The quantitative estimate of drug-likeness (QED) is 0.643. The zero-order chi connectivity index (χ0) is 14.3. The van der Waals surface area contributed by atoms with Gasteiger partial charge in [0, 0.05) is 9.92 Å². The molecule has 6 heteroatoms. The lowest BCUT2D eigenvalue weighted by Crippen LogP contribution is -1.80. The minimum absolute atomic E-state index is 0.507. The molecule has 0 N–H and O–H groups in total. The Morgan fingerprint density at radius 2 is 1.79 bits per heavy atom. The van der Waals surface area contributed by atoms with E-state index in [0.717, 1.165) is 15.5 Å². The van der Waals surface area contributed by atoms with Gasteiger partial charge >= 0.3 is 0 Å². The molecule has 0 amide bonds. The van der Waals surface area contributed by atoms with E-state index in [1.807, 2.05) is 48.5 Å². The molecule has 2 rings (SSSR count). The van der Waals surface area contributed by atoms with Crippen LogP contribution in [-0.2, 0) is 30.4 Å². The van der Waals surface area contributed by atoms with Gasteiger partial charge in [-0.1, -0.05) is 35.9 Å². The largest absolute Gasteiger partial charge is 0.497 e. The molecular weight excluding hydrogens is 336 g/mol. The Bertz CT molecular complexity index is 603. The van der Waals surface area contributed by atoms with Crippen LogP contribution in [0.4, 0.5) is 0 Å². The number of rotatable bonds is 2. The van der Waals surface area contributed by atoms with Crippen molar-refractivity contribution in [3.63, 3.8) is 0 Å². The summed E-state index contributed by atoms with van der Waals surface area (Å²) in [4.78, 5) is 1.88. The van der Waals surface area contributed by atoms with Crippen LogP contribution in [0.15, 0.2) is 58.3 Å². The SMILES string of the molecule is COc1cccc(S)c1.S=[S-](=S)c1cccc(Cl)c1. The first kappa shape index (κ1) is 16.7. The van der Waals surface area contributed by atoms with E-state index >= 15 is 0 Å². The predicted molar refractivity (Wildman–Crippen MR) is 92.1 cm³/mol. The minimum atomic E-state index is -0.507. The lowest BCUT2D eigenvalue weighted by molar-refractivity contribution is 0.413. The van der Waals surface area contributed by atoms with Crippen LogP contribution in [0.3, 0.4) is 0 Å². The molecule has 0 unspecified atom stereocenters. The normalized spacial score (nSPS) is 9.68. The van der Waals surface area contributed by atoms with E-state index in [4.69, 9.17) is 38.7 Å². The molecule has 0 spiro atoms. The van der Waals surface area contributed by atoms with Gasteiger partial charge in [0.05, 0.1) is 7.11 Å². The van der Waals surface area contributed by atoms with Gasteiger partial charge in [-0.3, -0.25) is 22.4 Å². The molecule has 2 aromatic carbocycles. The van der Waals surface area contributed by atoms with Gasteiger partial charge in [-0.25, -0.2) is 0 Å². The Kier molecular flexibility index (Phi) is 7.71. The zero-order valence-electron chi connectivity index (χ0n) is 10.1. The Hall–Kier alpha value is -0.330. The fourth-order valence-electron chi connectivity index (χ4n) is 1.18. The number of methoxy groups -OCH3 is 1. The van der Waals surface area contributed by atoms with Crippen molar-refractivity contribution in [2.75, 3.05) is 7.11 Å². The van der Waals surface area contributed by atoms with Gasteiger partial charge in [-0.15, -0.1) is 17.5 Å². The summed E-state index contributed by atoms with van der Waals surface area (Å²) in [6.07, 6.45) is 0. The van der Waals surface area contributed by atoms with Crippen LogP contribution < -0.4 is 4.74 Å². The molecule has 0 heterocycles. The summed E-state index contributed by atoms with van der Waals surface area (Å²) in [6, 6.07) is 14.9. The average Bonchev–Trinajstić information content (AvgIpc) is 2.39. The lowest BCUT2D eigenvalue weighted by Gasteiger charge is -2.02. The summed E-state index contributed by atoms with van der Waals surface area (Å²) in [7, 11) is 1.13. The summed E-state index contributed by atoms with van der Waals surface area (Å²) < 4.78 is 4.95. The van der Waals surface area contributed by atoms with Crippen LogP contribution in [0.2, 0.25) is 5.02 Å². The van der Waals surface area contributed by atoms with Crippen LogP contribution in [-0.4, -0.2) is 7.11 Å². The lowest BCUT2D eigenvalue weighted by atomic mass is 10.3. The van der Waals surface area contributed by atoms with Crippen molar-refractivity contribution in [3.8, 4) is 5.75 Å². The van der Waals surface area contributed by atoms with Crippen LogP contribution in [0.1, 0.15) is 0 Å². The molecule has 0 aliphatic rings. The second-order valence-corrected chi connectivity index (χ2v) is 7.92. The molecule has 0 aliphatic heterocycles. The summed E-state index contributed by atoms with van der Waals surface area (Å²) >= 11 is 19.6. The second kappa shape index (κ2) is 8.76. The smallest absolute Gasteiger partial charge is 0.119 e. The molecule has 102 valence electrons. The van der Waals surface area contributed by atoms with E-state index in [9.17, 15) is 0 Å². The molecule has 0 radical (unpaired) electrons. The van der Waals surface area contributed by atoms with Crippen molar-refractivity contribution in [2.45, 2.75) is 9.79 Å². The fraction of sp³-hybridized carbons (Fsp3) is 0.0769. The van der Waals surface area contributed by atoms with E-state index in [1.165, 1.54) is 0 Å². The van der Waals surface area contributed by atoms with Gasteiger partial charge in [0.15, 0.2) is 0 Å². The average molecular weight is 348 g/mol. The van der Waals surface area contributed by atoms with Crippen LogP contribution in [0.5, 0.6) is 5.75 Å². The first-order valence-corrected chi connectivity index (χ1v) is 9.11. The van der Waals surface area contributed by atoms with Gasteiger partial charge in [0.25, 0.3) is 0 Å². The van der Waals surface area contributed by atoms with Crippen LogP contribution in [0.25, 0.3) is 0 Å². The van der Waals surface area contributed by atoms with E-state index in [0.29, 0.717) is 5.02 Å². The Balaban J connectivity index is 0.000000191. The Labute approximate surface area is 135 Å². The van der Waals surface area contributed by atoms with Crippen LogP contribution >= 0.6 is 24.2 Å². The number of ether oxygens (including phenoxy) is 1. The highest BCUT2D eigenvalue weighted by Gasteiger charge is 1.87. The molecule has 0 saturated heterocycles. The van der Waals surface area contributed by atoms with Crippen molar-refractivity contribution < 1.29 is 4.74 Å². The molecule has 19 heavy (non-hydrogen) atoms. The highest BCUT2D eigenvalue weighted by molar-refractivity contribution is 8.46. The van der Waals surface area contributed by atoms with Gasteiger partial charge in [-0.05, 0) is 24.3 Å². The van der Waals surface area contributed by atoms with Crippen LogP contribution in [0, 0.1) is 0 Å². The monoisotopic (exact) mass is 347 g/mol. The number of hydrogen-bond donors (Lipinski definition) is 1. The maximum absolute atomic E-state index is 5.70. The number of benzene rings is 2. The summed E-state index contributed by atoms with van der Waals surface area (Å²) in [6.45, 7) is 0. The van der Waals surface area contributed by atoms with Gasteiger partial charge in [0.1, 0.15) is 5.75 Å². The summed E-state index contributed by atoms with van der Waals surface area (Å²) in [5.41, 5.74) is 0. The third-order valence-electron chi connectivity index (χ3n) is 2.04. The number of thiol groups is 1. The predicted octanol–water partition coefficient (Wildman–Crippen LogP) is 4.22. The van der Waals surface area contributed by atoms with Crippen molar-refractivity contribution in [2.24, 2.45) is 0 Å². The van der Waals surface area contributed by atoms with Crippen molar-refractivity contribution in [1.29, 1.82) is 0 Å². The Morgan fingerprint density at radius 3 is 2.21 bits per heavy atom. The second-order valence-electron chi connectivity index (χ2n) is 3.39. The third kappa shape index (κ3) is 6.58. The molecule has 2 aromatic rings. The topological polar surface area (TPSA) is 9.23 Å². The van der Waals surface area contributed by atoms with Gasteiger partial charge in [-0.2, -0.15) is 0 Å². The highest BCUT2D eigenvalue weighted by atomic mass is 35.5. The van der Waals surface area contributed by atoms with E-state index < -0.39 is 8.01 Å². The standard InChI is InChI=1S/C7H8OS.C6H4ClS3/c1-8-6-3-2-4-7(9)5-6;7-5-2-1-3-6(4-5)10(8)9/h2-5,9H,1H3;1-4H/q;-1. The zero-order valence-corrected chi connectivity index (χ0v) is 14.2. The third-order valence-corrected chi connectivity index (χ3v) is 4.35. The molecule has 0 aromatic heterocycles.